The van der Waals surface area contributed by atoms with E-state index < -0.39 is 8.32 Å². The number of amides is 1. The molecule has 0 atom stereocenters. The number of para-hydroxylation sites is 1. The molecule has 0 bridgehead atoms. The van der Waals surface area contributed by atoms with Gasteiger partial charge in [-0.2, -0.15) is 0 Å². The van der Waals surface area contributed by atoms with Crippen LogP contribution in [-0.4, -0.2) is 20.8 Å². The van der Waals surface area contributed by atoms with Crippen LogP contribution in [0.5, 0.6) is 0 Å². The number of hydrogen-bond acceptors (Lipinski definition) is 2. The highest BCUT2D eigenvalue weighted by molar-refractivity contribution is 6.74. The molecule has 0 saturated heterocycles. The highest BCUT2D eigenvalue weighted by atomic mass is 28.4. The van der Waals surface area contributed by atoms with Crippen molar-refractivity contribution in [1.82, 2.24) is 0 Å². The average molecular weight is 410 g/mol. The molecule has 1 aliphatic rings. The molecule has 3 nitrogen and oxygen atoms in total. The molecule has 2 aromatic rings. The van der Waals surface area contributed by atoms with Crippen LogP contribution in [-0.2, 0) is 22.2 Å². The lowest BCUT2D eigenvalue weighted by molar-refractivity contribution is -0.116. The zero-order chi connectivity index (χ0) is 21.4. The van der Waals surface area contributed by atoms with Gasteiger partial charge in [0.25, 0.3) is 0 Å². The topological polar surface area (TPSA) is 29.5 Å². The molecule has 0 aliphatic carbocycles. The standard InChI is InChI=1S/C25H35NO2Si/c1-18-20(11-10-16-28-29(6,7)25(3,4)5)14-15-21-22-12-8-9-13-24(22)26(19(2)27)17-23(18)21/h8-9,12-15H,10-11,16-17H2,1-7H3. The van der Waals surface area contributed by atoms with Crippen molar-refractivity contribution in [3.8, 4) is 11.1 Å². The van der Waals surface area contributed by atoms with Crippen molar-refractivity contribution in [2.45, 2.75) is 72.1 Å². The number of hydrogen-bond donors (Lipinski definition) is 0. The van der Waals surface area contributed by atoms with Crippen molar-refractivity contribution >= 4 is 19.9 Å². The van der Waals surface area contributed by atoms with Gasteiger partial charge in [0.1, 0.15) is 0 Å². The summed E-state index contributed by atoms with van der Waals surface area (Å²) in [5, 5.41) is 0.248. The summed E-state index contributed by atoms with van der Waals surface area (Å²) in [6.07, 6.45) is 2.04. The summed E-state index contributed by atoms with van der Waals surface area (Å²) >= 11 is 0. The molecule has 0 fully saturated rings. The molecule has 1 amide bonds. The Morgan fingerprint density at radius 1 is 1.10 bits per heavy atom. The van der Waals surface area contributed by atoms with E-state index in [-0.39, 0.29) is 10.9 Å². The lowest BCUT2D eigenvalue weighted by Gasteiger charge is -2.36. The fourth-order valence-electron chi connectivity index (χ4n) is 3.80. The van der Waals surface area contributed by atoms with Crippen molar-refractivity contribution < 1.29 is 9.22 Å². The lowest BCUT2D eigenvalue weighted by atomic mass is 9.87. The molecule has 0 unspecified atom stereocenters. The summed E-state index contributed by atoms with van der Waals surface area (Å²) in [5.74, 6) is 0.0932. The van der Waals surface area contributed by atoms with Crippen LogP contribution >= 0.6 is 0 Å². The van der Waals surface area contributed by atoms with Gasteiger partial charge in [-0.3, -0.25) is 4.79 Å². The van der Waals surface area contributed by atoms with Crippen LogP contribution in [0.4, 0.5) is 5.69 Å². The molecule has 29 heavy (non-hydrogen) atoms. The Kier molecular flexibility index (Phi) is 6.07. The smallest absolute Gasteiger partial charge is 0.224 e. The first-order chi connectivity index (χ1) is 13.5. The Bertz CT molecular complexity index is 912. The van der Waals surface area contributed by atoms with Gasteiger partial charge >= 0.3 is 0 Å². The molecular weight excluding hydrogens is 374 g/mol. The Balaban J connectivity index is 1.79. The summed E-state index contributed by atoms with van der Waals surface area (Å²) < 4.78 is 6.35. The minimum atomic E-state index is -1.69. The molecule has 0 spiro atoms. The van der Waals surface area contributed by atoms with Crippen LogP contribution in [0.1, 0.15) is 50.8 Å². The second-order valence-electron chi connectivity index (χ2n) is 9.71. The Morgan fingerprint density at radius 3 is 2.45 bits per heavy atom. The van der Waals surface area contributed by atoms with E-state index >= 15 is 0 Å². The maximum atomic E-state index is 12.3. The monoisotopic (exact) mass is 409 g/mol. The van der Waals surface area contributed by atoms with Gasteiger partial charge in [0.05, 0.1) is 12.2 Å². The number of benzene rings is 2. The van der Waals surface area contributed by atoms with Gasteiger partial charge < -0.3 is 9.33 Å². The summed E-state index contributed by atoms with van der Waals surface area (Å²) in [6, 6.07) is 12.7. The molecule has 0 saturated carbocycles. The van der Waals surface area contributed by atoms with Crippen molar-refractivity contribution in [2.24, 2.45) is 0 Å². The third kappa shape index (κ3) is 4.34. The quantitative estimate of drug-likeness (QED) is 0.417. The predicted octanol–water partition coefficient (Wildman–Crippen LogP) is 6.48. The lowest BCUT2D eigenvalue weighted by Crippen LogP contribution is -2.41. The zero-order valence-corrected chi connectivity index (χ0v) is 20.1. The second kappa shape index (κ2) is 8.08. The largest absolute Gasteiger partial charge is 0.417 e. The molecule has 4 heteroatoms. The van der Waals surface area contributed by atoms with Crippen molar-refractivity contribution in [2.75, 3.05) is 11.5 Å². The fraction of sp³-hybridized carbons (Fsp3) is 0.480. The second-order valence-corrected chi connectivity index (χ2v) is 14.5. The first kappa shape index (κ1) is 21.8. The highest BCUT2D eigenvalue weighted by Gasteiger charge is 2.36. The van der Waals surface area contributed by atoms with E-state index in [0.717, 1.165) is 30.7 Å². The van der Waals surface area contributed by atoms with Crippen molar-refractivity contribution in [3.05, 3.63) is 53.1 Å². The maximum Gasteiger partial charge on any atom is 0.224 e. The number of rotatable bonds is 5. The van der Waals surface area contributed by atoms with Crippen LogP contribution < -0.4 is 4.90 Å². The van der Waals surface area contributed by atoms with Gasteiger partial charge in [0, 0.05) is 19.1 Å². The van der Waals surface area contributed by atoms with Gasteiger partial charge in [-0.25, -0.2) is 0 Å². The van der Waals surface area contributed by atoms with E-state index in [1.165, 1.54) is 22.3 Å². The molecule has 156 valence electrons. The Morgan fingerprint density at radius 2 is 1.79 bits per heavy atom. The predicted molar refractivity (Wildman–Crippen MR) is 125 cm³/mol. The third-order valence-corrected chi connectivity index (χ3v) is 11.3. The minimum absolute atomic E-state index is 0.0932. The van der Waals surface area contributed by atoms with Gasteiger partial charge in [-0.15, -0.1) is 0 Å². The number of carbonyl (C=O) groups is 1. The van der Waals surface area contributed by atoms with E-state index in [1.807, 2.05) is 23.1 Å². The van der Waals surface area contributed by atoms with Crippen LogP contribution in [0, 0.1) is 6.92 Å². The van der Waals surface area contributed by atoms with E-state index in [9.17, 15) is 4.79 Å². The Hall–Kier alpha value is -1.91. The first-order valence-electron chi connectivity index (χ1n) is 10.7. The van der Waals surface area contributed by atoms with E-state index in [4.69, 9.17) is 4.43 Å². The summed E-state index contributed by atoms with van der Waals surface area (Å²) in [7, 11) is -1.69. The zero-order valence-electron chi connectivity index (χ0n) is 19.1. The van der Waals surface area contributed by atoms with Gasteiger partial charge in [0.15, 0.2) is 8.32 Å². The van der Waals surface area contributed by atoms with Gasteiger partial charge in [-0.05, 0) is 66.2 Å². The number of anilines is 1. The summed E-state index contributed by atoms with van der Waals surface area (Å²) in [5.41, 5.74) is 7.39. The van der Waals surface area contributed by atoms with Crippen LogP contribution in [0.25, 0.3) is 11.1 Å². The fourth-order valence-corrected chi connectivity index (χ4v) is 4.89. The first-order valence-corrected chi connectivity index (χ1v) is 13.6. The number of fused-ring (bicyclic) bond motifs is 3. The van der Waals surface area contributed by atoms with E-state index in [1.54, 1.807) is 6.92 Å². The molecule has 0 aromatic heterocycles. The molecule has 2 aromatic carbocycles. The van der Waals surface area contributed by atoms with E-state index in [2.05, 4.69) is 59.0 Å². The molecule has 0 N–H and O–H groups in total. The van der Waals surface area contributed by atoms with Crippen molar-refractivity contribution in [3.63, 3.8) is 0 Å². The molecule has 1 heterocycles. The number of aryl methyl sites for hydroxylation is 1. The normalized spacial score (nSPS) is 13.8. The number of nitrogens with zero attached hydrogens (tertiary/aromatic N) is 1. The maximum absolute atomic E-state index is 12.3. The number of carbonyl (C=O) groups excluding carboxylic acids is 1. The highest BCUT2D eigenvalue weighted by Crippen LogP contribution is 2.41. The Labute approximate surface area is 177 Å². The summed E-state index contributed by atoms with van der Waals surface area (Å²) in [6.45, 7) is 16.8. The molecule has 1 aliphatic heterocycles. The minimum Gasteiger partial charge on any atom is -0.417 e. The van der Waals surface area contributed by atoms with E-state index in [0.29, 0.717) is 6.54 Å². The van der Waals surface area contributed by atoms with Crippen LogP contribution in [0.2, 0.25) is 18.1 Å². The van der Waals surface area contributed by atoms with Crippen molar-refractivity contribution in [1.29, 1.82) is 0 Å². The summed E-state index contributed by atoms with van der Waals surface area (Å²) in [4.78, 5) is 14.2. The molecule has 0 radical (unpaired) electrons. The average Bonchev–Trinajstić information content (AvgIpc) is 2.65. The molecule has 3 rings (SSSR count). The van der Waals surface area contributed by atoms with Crippen LogP contribution in [0.3, 0.4) is 0 Å². The van der Waals surface area contributed by atoms with Crippen LogP contribution in [0.15, 0.2) is 36.4 Å². The third-order valence-electron chi connectivity index (χ3n) is 6.75. The van der Waals surface area contributed by atoms with Gasteiger partial charge in [-0.1, -0.05) is 51.1 Å². The SMILES string of the molecule is CC(=O)N1Cc2c(ccc(CCCO[Si](C)(C)C(C)(C)C)c2C)-c2ccccc21. The van der Waals surface area contributed by atoms with Gasteiger partial charge in [0.2, 0.25) is 5.91 Å². The molecular formula is C25H35NO2Si.